The van der Waals surface area contributed by atoms with Crippen LogP contribution in [-0.2, 0) is 24.5 Å². The van der Waals surface area contributed by atoms with E-state index in [4.69, 9.17) is 4.74 Å². The summed E-state index contributed by atoms with van der Waals surface area (Å²) in [5, 5.41) is 4.00. The van der Waals surface area contributed by atoms with Gasteiger partial charge in [-0.1, -0.05) is 30.3 Å². The fourth-order valence-electron chi connectivity index (χ4n) is 2.19. The largest absolute Gasteiger partial charge is 0.464 e. The predicted octanol–water partition coefficient (Wildman–Crippen LogP) is 1.13. The summed E-state index contributed by atoms with van der Waals surface area (Å²) in [6.45, 7) is 1.79. The van der Waals surface area contributed by atoms with E-state index >= 15 is 0 Å². The maximum atomic E-state index is 12.0. The molecule has 6 nitrogen and oxygen atoms in total. The van der Waals surface area contributed by atoms with Crippen molar-refractivity contribution in [1.29, 1.82) is 0 Å². The summed E-state index contributed by atoms with van der Waals surface area (Å²) in [5.74, 6) is -1.11. The van der Waals surface area contributed by atoms with Crippen LogP contribution < -0.4 is 5.43 Å². The summed E-state index contributed by atoms with van der Waals surface area (Å²) in [6.07, 6.45) is 1.62. The Morgan fingerprint density at radius 3 is 2.29 bits per heavy atom. The number of esters is 2. The lowest BCUT2D eigenvalue weighted by Gasteiger charge is -2.30. The van der Waals surface area contributed by atoms with Crippen LogP contribution in [0.4, 0.5) is 0 Å². The van der Waals surface area contributed by atoms with E-state index in [1.165, 1.54) is 14.2 Å². The maximum absolute atomic E-state index is 12.0. The lowest BCUT2D eigenvalue weighted by atomic mass is 9.76. The summed E-state index contributed by atoms with van der Waals surface area (Å²) < 4.78 is 9.46. The molecule has 1 atom stereocenters. The number of benzene rings is 1. The van der Waals surface area contributed by atoms with Gasteiger partial charge in [0.1, 0.15) is 5.70 Å². The van der Waals surface area contributed by atoms with Gasteiger partial charge in [0, 0.05) is 0 Å². The van der Waals surface area contributed by atoms with Gasteiger partial charge in [0.25, 0.3) is 0 Å². The van der Waals surface area contributed by atoms with Gasteiger partial charge >= 0.3 is 11.9 Å². The molecule has 0 fully saturated rings. The van der Waals surface area contributed by atoms with Crippen molar-refractivity contribution in [3.8, 4) is 0 Å². The first-order valence-corrected chi connectivity index (χ1v) is 6.32. The van der Waals surface area contributed by atoms with E-state index in [0.29, 0.717) is 0 Å². The minimum absolute atomic E-state index is 0.170. The Morgan fingerprint density at radius 1 is 1.10 bits per heavy atom. The zero-order valence-electron chi connectivity index (χ0n) is 12.0. The third-order valence-corrected chi connectivity index (χ3v) is 3.37. The van der Waals surface area contributed by atoms with Gasteiger partial charge in [-0.05, 0) is 18.6 Å². The molecule has 0 saturated carbocycles. The second-order valence-electron chi connectivity index (χ2n) is 4.68. The number of nitrogens with one attached hydrogen (secondary N) is 1. The summed E-state index contributed by atoms with van der Waals surface area (Å²) in [5.41, 5.74) is 2.81. The van der Waals surface area contributed by atoms with Gasteiger partial charge in [-0.15, -0.1) is 0 Å². The fraction of sp³-hybridized carbons (Fsp3) is 0.267. The number of rotatable bonds is 3. The minimum Gasteiger partial charge on any atom is -0.464 e. The molecule has 1 aromatic rings. The van der Waals surface area contributed by atoms with Crippen molar-refractivity contribution in [2.45, 2.75) is 12.3 Å². The van der Waals surface area contributed by atoms with Crippen molar-refractivity contribution in [1.82, 2.24) is 5.43 Å². The van der Waals surface area contributed by atoms with Crippen LogP contribution in [0.2, 0.25) is 0 Å². The number of hydrogen-bond acceptors (Lipinski definition) is 6. The van der Waals surface area contributed by atoms with Crippen LogP contribution in [0.3, 0.4) is 0 Å². The van der Waals surface area contributed by atoms with Crippen LogP contribution in [-0.4, -0.2) is 31.9 Å². The lowest BCUT2D eigenvalue weighted by Crippen LogP contribution is -2.43. The molecule has 110 valence electrons. The van der Waals surface area contributed by atoms with Crippen LogP contribution >= 0.6 is 0 Å². The molecule has 1 aliphatic rings. The molecule has 0 aromatic heterocycles. The van der Waals surface area contributed by atoms with E-state index in [1.54, 1.807) is 13.0 Å². The highest BCUT2D eigenvalue weighted by molar-refractivity contribution is 6.41. The molecule has 0 bridgehead atoms. The average molecular weight is 288 g/mol. The van der Waals surface area contributed by atoms with Crippen LogP contribution in [0, 0.1) is 0 Å². The Hall–Kier alpha value is -2.63. The molecule has 6 heteroatoms. The molecule has 21 heavy (non-hydrogen) atoms. The Morgan fingerprint density at radius 2 is 1.71 bits per heavy atom. The second-order valence-corrected chi connectivity index (χ2v) is 4.68. The van der Waals surface area contributed by atoms with E-state index < -0.39 is 17.4 Å². The molecule has 0 aliphatic carbocycles. The van der Waals surface area contributed by atoms with Crippen molar-refractivity contribution in [3.63, 3.8) is 0 Å². The predicted molar refractivity (Wildman–Crippen MR) is 76.5 cm³/mol. The highest BCUT2D eigenvalue weighted by atomic mass is 16.5. The highest BCUT2D eigenvalue weighted by Crippen LogP contribution is 2.31. The van der Waals surface area contributed by atoms with Gasteiger partial charge in [-0.3, -0.25) is 5.43 Å². The zero-order chi connectivity index (χ0) is 15.5. The number of allylic oxidation sites excluding steroid dienone is 1. The van der Waals surface area contributed by atoms with Gasteiger partial charge < -0.3 is 9.47 Å². The number of ether oxygens (including phenoxy) is 2. The smallest absolute Gasteiger partial charge is 0.355 e. The Kier molecular flexibility index (Phi) is 4.07. The van der Waals surface area contributed by atoms with E-state index in [2.05, 4.69) is 15.3 Å². The minimum atomic E-state index is -0.886. The molecular weight excluding hydrogens is 272 g/mol. The van der Waals surface area contributed by atoms with Gasteiger partial charge in [0.05, 0.1) is 19.6 Å². The van der Waals surface area contributed by atoms with Crippen LogP contribution in [0.1, 0.15) is 12.5 Å². The summed E-state index contributed by atoms with van der Waals surface area (Å²) in [6, 6.07) is 9.28. The number of hydrazone groups is 1. The molecule has 1 unspecified atom stereocenters. The highest BCUT2D eigenvalue weighted by Gasteiger charge is 2.40. The zero-order valence-corrected chi connectivity index (χ0v) is 12.0. The van der Waals surface area contributed by atoms with Gasteiger partial charge in [0.15, 0.2) is 5.71 Å². The first kappa shape index (κ1) is 14.8. The summed E-state index contributed by atoms with van der Waals surface area (Å²) in [7, 11) is 2.57. The fourth-order valence-corrected chi connectivity index (χ4v) is 2.19. The Labute approximate surface area is 122 Å². The number of hydrogen-bond donors (Lipinski definition) is 1. The first-order valence-electron chi connectivity index (χ1n) is 6.32. The van der Waals surface area contributed by atoms with Crippen LogP contribution in [0.5, 0.6) is 0 Å². The third kappa shape index (κ3) is 2.65. The molecule has 1 aromatic carbocycles. The molecule has 1 N–H and O–H groups in total. The van der Waals surface area contributed by atoms with Crippen molar-refractivity contribution < 1.29 is 19.1 Å². The Bertz CT molecular complexity index is 622. The average Bonchev–Trinajstić information content (AvgIpc) is 2.54. The Balaban J connectivity index is 2.54. The molecule has 0 spiro atoms. The molecule has 0 amide bonds. The van der Waals surface area contributed by atoms with Gasteiger partial charge in [-0.25, -0.2) is 9.59 Å². The monoisotopic (exact) mass is 288 g/mol. The number of carbonyl (C=O) groups is 2. The second kappa shape index (κ2) is 5.78. The molecule has 0 radical (unpaired) electrons. The van der Waals surface area contributed by atoms with E-state index in [1.807, 2.05) is 30.3 Å². The first-order chi connectivity index (χ1) is 10.0. The van der Waals surface area contributed by atoms with Crippen molar-refractivity contribution in [2.24, 2.45) is 5.10 Å². The van der Waals surface area contributed by atoms with Gasteiger partial charge in [0.2, 0.25) is 0 Å². The lowest BCUT2D eigenvalue weighted by molar-refractivity contribution is -0.137. The number of carbonyl (C=O) groups excluding carboxylic acids is 2. The number of methoxy groups -OCH3 is 2. The van der Waals surface area contributed by atoms with E-state index in [9.17, 15) is 9.59 Å². The third-order valence-electron chi connectivity index (χ3n) is 3.37. The van der Waals surface area contributed by atoms with Crippen molar-refractivity contribution in [2.75, 3.05) is 14.2 Å². The molecule has 0 saturated heterocycles. The van der Waals surface area contributed by atoms with Gasteiger partial charge in [-0.2, -0.15) is 5.10 Å². The van der Waals surface area contributed by atoms with Crippen molar-refractivity contribution in [3.05, 3.63) is 47.7 Å². The quantitative estimate of drug-likeness (QED) is 0.844. The standard InChI is InChI=1S/C15H16N2O4/c1-15(10-7-5-4-6-8-10)9-11(13(18)20-2)16-17-12(15)14(19)21-3/h4-9,16H,1-3H3. The summed E-state index contributed by atoms with van der Waals surface area (Å²) >= 11 is 0. The maximum Gasteiger partial charge on any atom is 0.355 e. The SMILES string of the molecule is COC(=O)C1=CC(C)(c2ccccc2)C(C(=O)OC)=NN1. The van der Waals surface area contributed by atoms with Crippen molar-refractivity contribution >= 4 is 17.7 Å². The molecular formula is C15H16N2O4. The van der Waals surface area contributed by atoms with Crippen LogP contribution in [0.15, 0.2) is 47.2 Å². The summed E-state index contributed by atoms with van der Waals surface area (Å²) in [4.78, 5) is 23.7. The van der Waals surface area contributed by atoms with E-state index in [-0.39, 0.29) is 11.4 Å². The number of nitrogens with zero attached hydrogens (tertiary/aromatic N) is 1. The molecule has 1 aliphatic heterocycles. The normalized spacial score (nSPS) is 20.7. The molecule has 1 heterocycles. The van der Waals surface area contributed by atoms with E-state index in [0.717, 1.165) is 5.56 Å². The molecule has 2 rings (SSSR count). The topological polar surface area (TPSA) is 77.0 Å². The van der Waals surface area contributed by atoms with Crippen LogP contribution in [0.25, 0.3) is 0 Å².